The number of fused-ring (bicyclic) bond motifs is 1. The number of piperidine rings is 1. The third-order valence-electron chi connectivity index (χ3n) is 7.20. The number of amides is 1. The van der Waals surface area contributed by atoms with Crippen LogP contribution in [0.5, 0.6) is 0 Å². The van der Waals surface area contributed by atoms with Gasteiger partial charge in [0.1, 0.15) is 6.61 Å². The zero-order valence-electron chi connectivity index (χ0n) is 18.4. The average molecular weight is 484 g/mol. The molecule has 1 saturated carbocycles. The van der Waals surface area contributed by atoms with E-state index >= 15 is 0 Å². The molecule has 5 atom stereocenters. The Bertz CT molecular complexity index is 889. The first-order valence-corrected chi connectivity index (χ1v) is 12.1. The molecule has 1 aromatic rings. The van der Waals surface area contributed by atoms with Gasteiger partial charge in [-0.15, -0.1) is 0 Å². The maximum atomic E-state index is 12.7. The second-order valence-electron chi connectivity index (χ2n) is 9.22. The van der Waals surface area contributed by atoms with E-state index < -0.39 is 0 Å². The van der Waals surface area contributed by atoms with Gasteiger partial charge in [-0.3, -0.25) is 9.59 Å². The molecular formula is C26H30BrNO3. The fraction of sp³-hybridized carbons (Fsp3) is 0.538. The minimum atomic E-state index is -0.176. The normalized spacial score (nSPS) is 29.9. The lowest BCUT2D eigenvalue weighted by molar-refractivity contribution is -0.146. The van der Waals surface area contributed by atoms with Gasteiger partial charge in [-0.2, -0.15) is 0 Å². The lowest BCUT2D eigenvalue weighted by Crippen LogP contribution is -2.55. The summed E-state index contributed by atoms with van der Waals surface area (Å²) in [5.74, 6) is 1.69. The van der Waals surface area contributed by atoms with Crippen LogP contribution in [0.4, 0.5) is 0 Å². The molecule has 1 aromatic carbocycles. The maximum absolute atomic E-state index is 12.7. The first-order valence-electron chi connectivity index (χ1n) is 11.3. The van der Waals surface area contributed by atoms with Gasteiger partial charge in [0.15, 0.2) is 0 Å². The summed E-state index contributed by atoms with van der Waals surface area (Å²) in [4.78, 5) is 27.3. The Morgan fingerprint density at radius 1 is 1.26 bits per heavy atom. The standard InChI is InChI=1S/C26H30BrNO3/c1-16-21(11-14-24(30)31-15-19-7-5-4-6-8-19)25-17(2)22(27)12-13-23(25)28(18(3)29)26(16)20-9-10-20/h4-5,7,12-13,16-17,20-21,25-26H,9-11,14-15H2,1-3H3/t16-,17?,21-,25?,26-/m1/s1. The van der Waals surface area contributed by atoms with Crippen LogP contribution in [0.1, 0.15) is 52.0 Å². The summed E-state index contributed by atoms with van der Waals surface area (Å²) in [6.07, 6.45) is 7.74. The quantitative estimate of drug-likeness (QED) is 0.506. The molecule has 5 heteroatoms. The molecule has 2 unspecified atom stereocenters. The molecule has 0 bridgehead atoms. The maximum Gasteiger partial charge on any atom is 0.306 e. The Kier molecular flexibility index (Phi) is 6.57. The van der Waals surface area contributed by atoms with E-state index in [0.29, 0.717) is 24.2 Å². The van der Waals surface area contributed by atoms with Crippen LogP contribution >= 0.6 is 15.9 Å². The molecule has 0 spiro atoms. The molecule has 164 valence electrons. The van der Waals surface area contributed by atoms with Crippen LogP contribution < -0.4 is 0 Å². The van der Waals surface area contributed by atoms with Gasteiger partial charge in [-0.25, -0.2) is 0 Å². The van der Waals surface area contributed by atoms with Gasteiger partial charge in [-0.05, 0) is 65.6 Å². The van der Waals surface area contributed by atoms with Gasteiger partial charge in [0, 0.05) is 36.6 Å². The number of carbonyl (C=O) groups is 2. The van der Waals surface area contributed by atoms with Crippen LogP contribution in [0.2, 0.25) is 0 Å². The van der Waals surface area contributed by atoms with Gasteiger partial charge in [-0.1, -0.05) is 54.1 Å². The number of allylic oxidation sites excluding steroid dienone is 4. The number of carbonyl (C=O) groups excluding carboxylic acids is 2. The molecule has 1 amide bonds. The Morgan fingerprint density at radius 3 is 2.68 bits per heavy atom. The van der Waals surface area contributed by atoms with Crippen molar-refractivity contribution < 1.29 is 14.3 Å². The number of esters is 1. The van der Waals surface area contributed by atoms with Crippen molar-refractivity contribution in [2.45, 2.75) is 59.1 Å². The molecule has 0 N–H and O–H groups in total. The summed E-state index contributed by atoms with van der Waals surface area (Å²) >= 11 is 3.72. The van der Waals surface area contributed by atoms with E-state index in [2.05, 4.69) is 59.0 Å². The summed E-state index contributed by atoms with van der Waals surface area (Å²) in [5.41, 5.74) is 1.96. The molecule has 2 aliphatic carbocycles. The van der Waals surface area contributed by atoms with Crippen LogP contribution in [0, 0.1) is 41.7 Å². The van der Waals surface area contributed by atoms with Crippen LogP contribution in [-0.2, 0) is 20.9 Å². The molecule has 3 aliphatic rings. The zero-order valence-corrected chi connectivity index (χ0v) is 20.0. The number of ether oxygens (including phenoxy) is 1. The van der Waals surface area contributed by atoms with Crippen LogP contribution in [0.25, 0.3) is 0 Å². The smallest absolute Gasteiger partial charge is 0.306 e. The molecule has 0 aromatic heterocycles. The largest absolute Gasteiger partial charge is 0.460 e. The summed E-state index contributed by atoms with van der Waals surface area (Å²) in [5, 5.41) is 0. The zero-order chi connectivity index (χ0) is 22.1. The third-order valence-corrected chi connectivity index (χ3v) is 8.19. The molecule has 1 aliphatic heterocycles. The number of rotatable bonds is 6. The number of nitrogens with zero attached hydrogens (tertiary/aromatic N) is 1. The SMILES string of the molecule is CC(=O)N1C2=CC=C(Br)C(C)C2[C@H](CCC(=O)OCc2c#cccc2)[C@@H](C)[C@@H]1C1CC1. The lowest BCUT2D eigenvalue weighted by Gasteiger charge is -2.53. The molecule has 1 heterocycles. The van der Waals surface area contributed by atoms with Crippen molar-refractivity contribution in [2.75, 3.05) is 0 Å². The highest BCUT2D eigenvalue weighted by molar-refractivity contribution is 9.11. The van der Waals surface area contributed by atoms with E-state index in [0.717, 1.165) is 22.2 Å². The van der Waals surface area contributed by atoms with Crippen molar-refractivity contribution >= 4 is 27.8 Å². The average Bonchev–Trinajstić information content (AvgIpc) is 3.59. The van der Waals surface area contributed by atoms with Gasteiger partial charge >= 0.3 is 5.97 Å². The molecule has 2 fully saturated rings. The number of halogens is 1. The van der Waals surface area contributed by atoms with E-state index in [9.17, 15) is 9.59 Å². The van der Waals surface area contributed by atoms with Gasteiger partial charge < -0.3 is 9.64 Å². The Labute approximate surface area is 193 Å². The lowest BCUT2D eigenvalue weighted by atomic mass is 9.64. The van der Waals surface area contributed by atoms with Crippen LogP contribution in [-0.4, -0.2) is 22.8 Å². The summed E-state index contributed by atoms with van der Waals surface area (Å²) < 4.78 is 6.65. The van der Waals surface area contributed by atoms with Crippen molar-refractivity contribution in [3.63, 3.8) is 0 Å². The highest BCUT2D eigenvalue weighted by Crippen LogP contribution is 2.54. The molecule has 1 saturated heterocycles. The molecule has 0 radical (unpaired) electrons. The molecule has 4 nitrogen and oxygen atoms in total. The van der Waals surface area contributed by atoms with Crippen molar-refractivity contribution in [3.05, 3.63) is 58.2 Å². The van der Waals surface area contributed by atoms with Crippen LogP contribution in [0.15, 0.2) is 40.5 Å². The van der Waals surface area contributed by atoms with E-state index in [1.54, 1.807) is 13.0 Å². The van der Waals surface area contributed by atoms with E-state index in [1.807, 2.05) is 12.1 Å². The minimum Gasteiger partial charge on any atom is -0.460 e. The van der Waals surface area contributed by atoms with E-state index in [1.165, 1.54) is 12.8 Å². The Balaban J connectivity index is 1.50. The van der Waals surface area contributed by atoms with Crippen molar-refractivity contribution in [1.29, 1.82) is 0 Å². The molecule has 4 rings (SSSR count). The number of hydrogen-bond acceptors (Lipinski definition) is 3. The van der Waals surface area contributed by atoms with Gasteiger partial charge in [0.05, 0.1) is 0 Å². The summed E-state index contributed by atoms with van der Waals surface area (Å²) in [7, 11) is 0. The summed E-state index contributed by atoms with van der Waals surface area (Å²) in [6.45, 7) is 6.42. The monoisotopic (exact) mass is 483 g/mol. The van der Waals surface area contributed by atoms with Crippen molar-refractivity contribution in [2.24, 2.45) is 29.6 Å². The first-order chi connectivity index (χ1) is 14.9. The predicted molar refractivity (Wildman–Crippen MR) is 123 cm³/mol. The van der Waals surface area contributed by atoms with Gasteiger partial charge in [0.2, 0.25) is 5.91 Å². The second kappa shape index (κ2) is 9.20. The highest BCUT2D eigenvalue weighted by atomic mass is 79.9. The van der Waals surface area contributed by atoms with Crippen LogP contribution in [0.3, 0.4) is 0 Å². The first kappa shape index (κ1) is 22.1. The van der Waals surface area contributed by atoms with E-state index in [-0.39, 0.29) is 36.4 Å². The van der Waals surface area contributed by atoms with E-state index in [4.69, 9.17) is 4.74 Å². The fourth-order valence-electron chi connectivity index (χ4n) is 5.57. The highest BCUT2D eigenvalue weighted by Gasteiger charge is 2.52. The number of likely N-dealkylation sites (tertiary alicyclic amines) is 1. The fourth-order valence-corrected chi connectivity index (χ4v) is 5.99. The second-order valence-corrected chi connectivity index (χ2v) is 10.1. The van der Waals surface area contributed by atoms with Crippen molar-refractivity contribution in [1.82, 2.24) is 4.90 Å². The summed E-state index contributed by atoms with van der Waals surface area (Å²) in [6, 6.07) is 11.6. The Hall–Kier alpha value is -2.06. The number of hydrogen-bond donors (Lipinski definition) is 0. The molecular weight excluding hydrogens is 454 g/mol. The molecule has 31 heavy (non-hydrogen) atoms. The predicted octanol–water partition coefficient (Wildman–Crippen LogP) is 5.43. The third kappa shape index (κ3) is 4.60. The van der Waals surface area contributed by atoms with Crippen molar-refractivity contribution in [3.8, 4) is 0 Å². The Morgan fingerprint density at radius 2 is 2.03 bits per heavy atom. The topological polar surface area (TPSA) is 46.6 Å². The van der Waals surface area contributed by atoms with Gasteiger partial charge in [0.25, 0.3) is 0 Å². The minimum absolute atomic E-state index is 0.132.